The zero-order valence-corrected chi connectivity index (χ0v) is 15.6. The minimum atomic E-state index is -0.921. The van der Waals surface area contributed by atoms with E-state index >= 15 is 0 Å². The molecule has 0 bridgehead atoms. The van der Waals surface area contributed by atoms with Crippen LogP contribution < -0.4 is 10.6 Å². The summed E-state index contributed by atoms with van der Waals surface area (Å²) >= 11 is 0. The van der Waals surface area contributed by atoms with Gasteiger partial charge in [0.05, 0.1) is 11.3 Å². The maximum Gasteiger partial charge on any atom is 0.342 e. The fourth-order valence-electron chi connectivity index (χ4n) is 2.27. The van der Waals surface area contributed by atoms with E-state index in [1.54, 1.807) is 24.3 Å². The summed E-state index contributed by atoms with van der Waals surface area (Å²) in [6.07, 6.45) is 0. The highest BCUT2D eigenvalue weighted by Gasteiger charge is 2.17. The lowest BCUT2D eigenvalue weighted by molar-refractivity contribution is -0.119. The first kappa shape index (κ1) is 20.8. The van der Waals surface area contributed by atoms with Gasteiger partial charge in [-0.1, -0.05) is 26.0 Å². The number of rotatable bonds is 7. The molecule has 8 nitrogen and oxygen atoms in total. The van der Waals surface area contributed by atoms with Crippen molar-refractivity contribution in [1.29, 1.82) is 0 Å². The van der Waals surface area contributed by atoms with Gasteiger partial charge in [-0.05, 0) is 30.2 Å². The Morgan fingerprint density at radius 2 is 1.75 bits per heavy atom. The average Bonchev–Trinajstić information content (AvgIpc) is 2.64. The van der Waals surface area contributed by atoms with Gasteiger partial charge in [-0.2, -0.15) is 0 Å². The van der Waals surface area contributed by atoms with Crippen LogP contribution in [0, 0.1) is 5.92 Å². The van der Waals surface area contributed by atoms with Crippen LogP contribution in [0.25, 0.3) is 0 Å². The van der Waals surface area contributed by atoms with Gasteiger partial charge in [0.2, 0.25) is 0 Å². The molecule has 0 aliphatic rings. The van der Waals surface area contributed by atoms with E-state index in [-0.39, 0.29) is 28.8 Å². The van der Waals surface area contributed by atoms with Crippen LogP contribution in [0.2, 0.25) is 0 Å². The predicted octanol–water partition coefficient (Wildman–Crippen LogP) is 2.28. The molecule has 8 heteroatoms. The summed E-state index contributed by atoms with van der Waals surface area (Å²) in [4.78, 5) is 36.3. The van der Waals surface area contributed by atoms with Crippen molar-refractivity contribution in [2.24, 2.45) is 5.92 Å². The highest BCUT2D eigenvalue weighted by atomic mass is 16.5. The molecule has 0 heterocycles. The van der Waals surface area contributed by atoms with Crippen LogP contribution in [0.15, 0.2) is 42.5 Å². The second kappa shape index (κ2) is 9.40. The minimum Gasteiger partial charge on any atom is -0.508 e. The minimum absolute atomic E-state index is 0.181. The average molecular weight is 386 g/mol. The number of para-hydroxylation sites is 1. The molecule has 2 amide bonds. The number of amides is 2. The van der Waals surface area contributed by atoms with E-state index in [0.29, 0.717) is 12.1 Å². The van der Waals surface area contributed by atoms with Gasteiger partial charge in [0.25, 0.3) is 11.8 Å². The first-order valence-electron chi connectivity index (χ1n) is 8.64. The van der Waals surface area contributed by atoms with E-state index in [2.05, 4.69) is 10.6 Å². The third kappa shape index (κ3) is 5.73. The third-order valence-electron chi connectivity index (χ3n) is 3.65. The van der Waals surface area contributed by atoms with Crippen molar-refractivity contribution in [3.63, 3.8) is 0 Å². The number of phenols is 2. The van der Waals surface area contributed by atoms with Crippen LogP contribution in [0.4, 0.5) is 5.69 Å². The van der Waals surface area contributed by atoms with E-state index in [1.165, 1.54) is 12.1 Å². The summed E-state index contributed by atoms with van der Waals surface area (Å²) in [7, 11) is 0. The molecule has 0 aliphatic heterocycles. The Balaban J connectivity index is 1.98. The van der Waals surface area contributed by atoms with Crippen LogP contribution >= 0.6 is 0 Å². The van der Waals surface area contributed by atoms with Crippen molar-refractivity contribution in [2.45, 2.75) is 13.8 Å². The highest BCUT2D eigenvalue weighted by molar-refractivity contribution is 6.04. The number of phenolic OH excluding ortho intramolecular Hbond substituents is 2. The van der Waals surface area contributed by atoms with Crippen LogP contribution in [-0.2, 0) is 9.53 Å². The molecule has 0 radical (unpaired) electrons. The number of nitrogens with one attached hydrogen (secondary N) is 2. The van der Waals surface area contributed by atoms with Gasteiger partial charge in [0.15, 0.2) is 6.61 Å². The molecule has 0 unspecified atom stereocenters. The monoisotopic (exact) mass is 386 g/mol. The summed E-state index contributed by atoms with van der Waals surface area (Å²) in [5.41, 5.74) is 0.398. The SMILES string of the molecule is CC(C)CNC(=O)c1ccccc1NC(=O)COC(=O)c1ccc(O)cc1O. The molecular weight excluding hydrogens is 364 g/mol. The molecule has 2 aromatic carbocycles. The zero-order chi connectivity index (χ0) is 20.7. The second-order valence-electron chi connectivity index (χ2n) is 6.48. The van der Waals surface area contributed by atoms with Crippen molar-refractivity contribution in [1.82, 2.24) is 5.32 Å². The molecule has 28 heavy (non-hydrogen) atoms. The normalized spacial score (nSPS) is 10.4. The van der Waals surface area contributed by atoms with Crippen LogP contribution in [-0.4, -0.2) is 41.1 Å². The van der Waals surface area contributed by atoms with E-state index in [9.17, 15) is 24.6 Å². The molecule has 0 aliphatic carbocycles. The number of anilines is 1. The molecule has 2 aromatic rings. The van der Waals surface area contributed by atoms with Crippen molar-refractivity contribution in [2.75, 3.05) is 18.5 Å². The predicted molar refractivity (Wildman–Crippen MR) is 102 cm³/mol. The third-order valence-corrected chi connectivity index (χ3v) is 3.65. The van der Waals surface area contributed by atoms with Gasteiger partial charge in [0, 0.05) is 12.6 Å². The summed E-state index contributed by atoms with van der Waals surface area (Å²) in [5.74, 6) is -2.28. The fraction of sp³-hybridized carbons (Fsp3) is 0.250. The number of hydrogen-bond donors (Lipinski definition) is 4. The number of ether oxygens (including phenoxy) is 1. The molecule has 0 saturated heterocycles. The smallest absolute Gasteiger partial charge is 0.342 e. The number of esters is 1. The summed E-state index contributed by atoms with van der Waals surface area (Å²) in [5, 5.41) is 24.2. The first-order valence-corrected chi connectivity index (χ1v) is 8.64. The largest absolute Gasteiger partial charge is 0.508 e. The van der Waals surface area contributed by atoms with Crippen LogP contribution in [0.1, 0.15) is 34.6 Å². The van der Waals surface area contributed by atoms with E-state index in [0.717, 1.165) is 6.07 Å². The quantitative estimate of drug-likeness (QED) is 0.541. The molecule has 0 saturated carbocycles. The lowest BCUT2D eigenvalue weighted by Gasteiger charge is -2.12. The summed E-state index contributed by atoms with van der Waals surface area (Å²) in [6.45, 7) is 3.82. The van der Waals surface area contributed by atoms with Gasteiger partial charge >= 0.3 is 5.97 Å². The van der Waals surface area contributed by atoms with Crippen molar-refractivity contribution >= 4 is 23.5 Å². The number of carbonyl (C=O) groups excluding carboxylic acids is 3. The second-order valence-corrected chi connectivity index (χ2v) is 6.48. The number of carbonyl (C=O) groups is 3. The number of benzene rings is 2. The Kier molecular flexibility index (Phi) is 6.97. The number of aromatic hydroxyl groups is 2. The molecule has 2 rings (SSSR count). The maximum absolute atomic E-state index is 12.3. The van der Waals surface area contributed by atoms with Gasteiger partial charge in [-0.25, -0.2) is 4.79 Å². The van der Waals surface area contributed by atoms with Crippen molar-refractivity contribution < 1.29 is 29.3 Å². The Morgan fingerprint density at radius 3 is 2.43 bits per heavy atom. The topological polar surface area (TPSA) is 125 Å². The van der Waals surface area contributed by atoms with Gasteiger partial charge in [-0.3, -0.25) is 9.59 Å². The summed E-state index contributed by atoms with van der Waals surface area (Å²) in [6, 6.07) is 9.86. The molecule has 0 aromatic heterocycles. The van der Waals surface area contributed by atoms with Crippen molar-refractivity contribution in [3.8, 4) is 11.5 Å². The van der Waals surface area contributed by atoms with E-state index < -0.39 is 24.2 Å². The van der Waals surface area contributed by atoms with Gasteiger partial charge < -0.3 is 25.6 Å². The van der Waals surface area contributed by atoms with E-state index in [4.69, 9.17) is 4.74 Å². The van der Waals surface area contributed by atoms with Crippen LogP contribution in [0.3, 0.4) is 0 Å². The molecule has 0 atom stereocenters. The van der Waals surface area contributed by atoms with Crippen LogP contribution in [0.5, 0.6) is 11.5 Å². The standard InChI is InChI=1S/C20H22N2O6/c1-12(2)10-21-19(26)14-5-3-4-6-16(14)22-18(25)11-28-20(27)15-8-7-13(23)9-17(15)24/h3-9,12,23-24H,10-11H2,1-2H3,(H,21,26)(H,22,25). The van der Waals surface area contributed by atoms with Gasteiger partial charge in [-0.15, -0.1) is 0 Å². The summed E-state index contributed by atoms with van der Waals surface area (Å²) < 4.78 is 4.87. The zero-order valence-electron chi connectivity index (χ0n) is 15.6. The molecule has 0 fully saturated rings. The first-order chi connectivity index (χ1) is 13.3. The van der Waals surface area contributed by atoms with Gasteiger partial charge in [0.1, 0.15) is 17.1 Å². The fourth-order valence-corrected chi connectivity index (χ4v) is 2.27. The Morgan fingerprint density at radius 1 is 1.04 bits per heavy atom. The Labute approximate surface area is 162 Å². The lowest BCUT2D eigenvalue weighted by Crippen LogP contribution is -2.29. The molecule has 0 spiro atoms. The Bertz CT molecular complexity index is 879. The molecule has 4 N–H and O–H groups in total. The number of hydrogen-bond acceptors (Lipinski definition) is 6. The highest BCUT2D eigenvalue weighted by Crippen LogP contribution is 2.23. The van der Waals surface area contributed by atoms with Crippen molar-refractivity contribution in [3.05, 3.63) is 53.6 Å². The Hall–Kier alpha value is -3.55. The molecular formula is C20H22N2O6. The lowest BCUT2D eigenvalue weighted by atomic mass is 10.1. The maximum atomic E-state index is 12.3. The van der Waals surface area contributed by atoms with E-state index in [1.807, 2.05) is 13.8 Å². The molecule has 148 valence electrons.